The van der Waals surface area contributed by atoms with Gasteiger partial charge >= 0.3 is 11.9 Å². The summed E-state index contributed by atoms with van der Waals surface area (Å²) >= 11 is 0. The second-order valence-corrected chi connectivity index (χ2v) is 4.56. The lowest BCUT2D eigenvalue weighted by molar-refractivity contribution is -0.156. The van der Waals surface area contributed by atoms with E-state index in [1.165, 1.54) is 12.4 Å². The smallest absolute Gasteiger partial charge is 0.324 e. The Labute approximate surface area is 124 Å². The van der Waals surface area contributed by atoms with Gasteiger partial charge in [-0.05, 0) is 39.3 Å². The second kappa shape index (κ2) is 8.24. The van der Waals surface area contributed by atoms with Gasteiger partial charge in [0.1, 0.15) is 5.75 Å². The van der Waals surface area contributed by atoms with Crippen LogP contribution in [0.25, 0.3) is 0 Å². The van der Waals surface area contributed by atoms with E-state index in [2.05, 4.69) is 4.98 Å². The Bertz CT molecular complexity index is 469. The number of carbonyl (C=O) groups is 2. The minimum absolute atomic E-state index is 0.0364. The molecule has 1 aromatic heterocycles. The molecule has 0 unspecified atom stereocenters. The Hall–Kier alpha value is -2.11. The molecule has 6 heteroatoms. The van der Waals surface area contributed by atoms with Gasteiger partial charge in [-0.3, -0.25) is 14.6 Å². The molecule has 0 spiro atoms. The molecule has 0 radical (unpaired) electrons. The Morgan fingerprint density at radius 1 is 1.10 bits per heavy atom. The molecule has 0 N–H and O–H groups in total. The highest BCUT2D eigenvalue weighted by Gasteiger charge is 2.32. The van der Waals surface area contributed by atoms with Crippen LogP contribution < -0.4 is 4.74 Å². The topological polar surface area (TPSA) is 74.7 Å². The molecule has 6 nitrogen and oxygen atoms in total. The quantitative estimate of drug-likeness (QED) is 0.566. The molecule has 0 bridgehead atoms. The molecule has 21 heavy (non-hydrogen) atoms. The Balaban J connectivity index is 3.07. The van der Waals surface area contributed by atoms with Gasteiger partial charge in [0.2, 0.25) is 0 Å². The lowest BCUT2D eigenvalue weighted by atomic mass is 10.0. The van der Waals surface area contributed by atoms with E-state index in [0.29, 0.717) is 11.3 Å². The van der Waals surface area contributed by atoms with Crippen molar-refractivity contribution in [1.29, 1.82) is 0 Å². The van der Waals surface area contributed by atoms with Crippen molar-refractivity contribution in [2.24, 2.45) is 0 Å². The molecule has 116 valence electrons. The maximum atomic E-state index is 12.0. The lowest BCUT2D eigenvalue weighted by Gasteiger charge is -2.16. The van der Waals surface area contributed by atoms with E-state index in [0.717, 1.165) is 0 Å². The van der Waals surface area contributed by atoms with Crippen LogP contribution >= 0.6 is 0 Å². The van der Waals surface area contributed by atoms with E-state index in [4.69, 9.17) is 14.2 Å². The van der Waals surface area contributed by atoms with Crippen LogP contribution in [0.5, 0.6) is 5.75 Å². The number of ether oxygens (including phenoxy) is 3. The zero-order valence-electron chi connectivity index (χ0n) is 12.8. The van der Waals surface area contributed by atoms with Gasteiger partial charge in [0.15, 0.2) is 5.92 Å². The number of hydrogen-bond acceptors (Lipinski definition) is 6. The average Bonchev–Trinajstić information content (AvgIpc) is 2.39. The van der Waals surface area contributed by atoms with Gasteiger partial charge in [0, 0.05) is 6.20 Å². The van der Waals surface area contributed by atoms with E-state index < -0.39 is 17.9 Å². The average molecular weight is 295 g/mol. The van der Waals surface area contributed by atoms with Crippen molar-refractivity contribution < 1.29 is 23.8 Å². The molecule has 1 heterocycles. The molecular weight excluding hydrogens is 274 g/mol. The molecular formula is C15H21NO5. The summed E-state index contributed by atoms with van der Waals surface area (Å²) in [5.41, 5.74) is 0.394. The molecule has 0 fully saturated rings. The summed E-state index contributed by atoms with van der Waals surface area (Å²) in [4.78, 5) is 28.0. The third kappa shape index (κ3) is 5.06. The molecule has 0 saturated carbocycles. The minimum atomic E-state index is -1.15. The monoisotopic (exact) mass is 295 g/mol. The fraction of sp³-hybridized carbons (Fsp3) is 0.533. The molecule has 0 atom stereocenters. The first-order valence-corrected chi connectivity index (χ1v) is 6.94. The van der Waals surface area contributed by atoms with E-state index in [1.54, 1.807) is 19.9 Å². The summed E-state index contributed by atoms with van der Waals surface area (Å²) < 4.78 is 15.4. The molecule has 1 aromatic rings. The number of carbonyl (C=O) groups excluding carboxylic acids is 2. The Morgan fingerprint density at radius 3 is 2.14 bits per heavy atom. The molecule has 1 rings (SSSR count). The van der Waals surface area contributed by atoms with Crippen LogP contribution in [0, 0.1) is 0 Å². The van der Waals surface area contributed by atoms with Crippen LogP contribution in [0.1, 0.15) is 39.2 Å². The van der Waals surface area contributed by atoms with Gasteiger partial charge in [0.25, 0.3) is 0 Å². The molecule has 0 saturated heterocycles. The zero-order valence-corrected chi connectivity index (χ0v) is 12.8. The summed E-state index contributed by atoms with van der Waals surface area (Å²) in [6.45, 7) is 7.48. The molecule has 0 aromatic carbocycles. The molecule has 0 aliphatic rings. The maximum absolute atomic E-state index is 12.0. The van der Waals surface area contributed by atoms with Crippen molar-refractivity contribution in [3.05, 3.63) is 24.0 Å². The summed E-state index contributed by atoms with van der Waals surface area (Å²) in [5.74, 6) is -1.96. The van der Waals surface area contributed by atoms with Gasteiger partial charge in [-0.15, -0.1) is 0 Å². The number of hydrogen-bond donors (Lipinski definition) is 0. The Morgan fingerprint density at radius 2 is 1.67 bits per heavy atom. The number of nitrogens with zero attached hydrogens (tertiary/aromatic N) is 1. The predicted molar refractivity (Wildman–Crippen MR) is 76.0 cm³/mol. The molecule has 0 amide bonds. The fourth-order valence-electron chi connectivity index (χ4n) is 1.75. The predicted octanol–water partition coefficient (Wildman–Crippen LogP) is 2.08. The zero-order chi connectivity index (χ0) is 15.8. The van der Waals surface area contributed by atoms with Crippen LogP contribution in [0.4, 0.5) is 0 Å². The summed E-state index contributed by atoms with van der Waals surface area (Å²) in [6.07, 6.45) is 2.92. The summed E-state index contributed by atoms with van der Waals surface area (Å²) in [5, 5.41) is 0. The minimum Gasteiger partial charge on any atom is -0.489 e. The first-order valence-electron chi connectivity index (χ1n) is 6.94. The van der Waals surface area contributed by atoms with Crippen molar-refractivity contribution >= 4 is 11.9 Å². The Kier molecular flexibility index (Phi) is 6.65. The van der Waals surface area contributed by atoms with Gasteiger partial charge in [-0.2, -0.15) is 0 Å². The lowest BCUT2D eigenvalue weighted by Crippen LogP contribution is -2.26. The second-order valence-electron chi connectivity index (χ2n) is 4.56. The van der Waals surface area contributed by atoms with Crippen LogP contribution in [-0.2, 0) is 19.1 Å². The summed E-state index contributed by atoms with van der Waals surface area (Å²) in [6, 6.07) is 1.60. The number of esters is 2. The number of pyridine rings is 1. The normalized spacial score (nSPS) is 10.6. The van der Waals surface area contributed by atoms with Gasteiger partial charge in [0.05, 0.1) is 25.5 Å². The van der Waals surface area contributed by atoms with Crippen LogP contribution in [0.2, 0.25) is 0 Å². The summed E-state index contributed by atoms with van der Waals surface area (Å²) in [7, 11) is 0. The van der Waals surface area contributed by atoms with Crippen molar-refractivity contribution in [2.75, 3.05) is 13.2 Å². The van der Waals surface area contributed by atoms with E-state index in [1.807, 2.05) is 13.8 Å². The van der Waals surface area contributed by atoms with Crippen molar-refractivity contribution in [1.82, 2.24) is 4.98 Å². The first kappa shape index (κ1) is 16.9. The standard InChI is InChI=1S/C15H21NO5/c1-5-19-14(17)13(15(18)20-6-2)11-7-12(9-16-8-11)21-10(3)4/h7-10,13H,5-6H2,1-4H3. The highest BCUT2D eigenvalue weighted by atomic mass is 16.6. The van der Waals surface area contributed by atoms with Crippen molar-refractivity contribution in [3.8, 4) is 5.75 Å². The van der Waals surface area contributed by atoms with Crippen molar-refractivity contribution in [3.63, 3.8) is 0 Å². The van der Waals surface area contributed by atoms with Gasteiger partial charge in [-0.25, -0.2) is 0 Å². The number of aromatic nitrogens is 1. The fourth-order valence-corrected chi connectivity index (χ4v) is 1.75. The largest absolute Gasteiger partial charge is 0.489 e. The van der Waals surface area contributed by atoms with Crippen molar-refractivity contribution in [2.45, 2.75) is 39.7 Å². The first-order chi connectivity index (χ1) is 9.99. The third-order valence-electron chi connectivity index (χ3n) is 2.48. The highest BCUT2D eigenvalue weighted by Crippen LogP contribution is 2.23. The number of rotatable bonds is 7. The van der Waals surface area contributed by atoms with Gasteiger partial charge < -0.3 is 14.2 Å². The van der Waals surface area contributed by atoms with Crippen LogP contribution in [0.15, 0.2) is 18.5 Å². The molecule has 0 aliphatic carbocycles. The SMILES string of the molecule is CCOC(=O)C(C(=O)OCC)c1cncc(OC(C)C)c1. The van der Waals surface area contributed by atoms with E-state index >= 15 is 0 Å². The van der Waals surface area contributed by atoms with E-state index in [-0.39, 0.29) is 19.3 Å². The maximum Gasteiger partial charge on any atom is 0.324 e. The van der Waals surface area contributed by atoms with Gasteiger partial charge in [-0.1, -0.05) is 0 Å². The van der Waals surface area contributed by atoms with Crippen LogP contribution in [0.3, 0.4) is 0 Å². The highest BCUT2D eigenvalue weighted by molar-refractivity contribution is 6.00. The third-order valence-corrected chi connectivity index (χ3v) is 2.48. The van der Waals surface area contributed by atoms with Crippen LogP contribution in [-0.4, -0.2) is 36.2 Å². The van der Waals surface area contributed by atoms with E-state index in [9.17, 15) is 9.59 Å². The molecule has 0 aliphatic heterocycles.